The van der Waals surface area contributed by atoms with Gasteiger partial charge in [-0.15, -0.1) is 0 Å². The lowest BCUT2D eigenvalue weighted by Gasteiger charge is -2.08. The zero-order valence-electron chi connectivity index (χ0n) is 11.9. The van der Waals surface area contributed by atoms with Crippen LogP contribution in [-0.2, 0) is 19.4 Å². The number of hydrogen-bond donors (Lipinski definition) is 1. The molecule has 6 heteroatoms. The second-order valence-electron chi connectivity index (χ2n) is 4.62. The Kier molecular flexibility index (Phi) is 4.28. The van der Waals surface area contributed by atoms with Gasteiger partial charge in [0.1, 0.15) is 5.56 Å². The van der Waals surface area contributed by atoms with Gasteiger partial charge in [-0.3, -0.25) is 0 Å². The van der Waals surface area contributed by atoms with Crippen LogP contribution in [0.25, 0.3) is 11.0 Å². The van der Waals surface area contributed by atoms with Gasteiger partial charge in [0.25, 0.3) is 0 Å². The molecular formula is C14H18ClN3O2. The number of halogens is 1. The van der Waals surface area contributed by atoms with Crippen LogP contribution in [0.3, 0.4) is 0 Å². The molecule has 0 bridgehead atoms. The van der Waals surface area contributed by atoms with Gasteiger partial charge >= 0.3 is 5.97 Å². The molecule has 0 radical (unpaired) electrons. The topological polar surface area (TPSA) is 68.0 Å². The van der Waals surface area contributed by atoms with Gasteiger partial charge in [0.2, 0.25) is 0 Å². The summed E-state index contributed by atoms with van der Waals surface area (Å²) in [5.74, 6) is -1.03. The predicted octanol–water partition coefficient (Wildman–Crippen LogP) is 3.32. The number of rotatable bonds is 5. The van der Waals surface area contributed by atoms with Crippen molar-refractivity contribution in [1.29, 1.82) is 0 Å². The Labute approximate surface area is 122 Å². The number of hydrogen-bond acceptors (Lipinski definition) is 3. The number of carboxylic acids is 1. The molecular weight excluding hydrogens is 278 g/mol. The average molecular weight is 296 g/mol. The van der Waals surface area contributed by atoms with Gasteiger partial charge in [-0.2, -0.15) is 5.10 Å². The predicted molar refractivity (Wildman–Crippen MR) is 78.5 cm³/mol. The SMILES string of the molecule is CCCc1nc2c(c(CC)nn2CC)c(Cl)c1C(=O)O. The Hall–Kier alpha value is -1.62. The van der Waals surface area contributed by atoms with Gasteiger partial charge in [-0.05, 0) is 19.8 Å². The van der Waals surface area contributed by atoms with E-state index in [4.69, 9.17) is 11.6 Å². The molecule has 0 amide bonds. The number of nitrogens with zero attached hydrogens (tertiary/aromatic N) is 3. The van der Waals surface area contributed by atoms with Crippen LogP contribution in [0.2, 0.25) is 5.02 Å². The first-order valence-electron chi connectivity index (χ1n) is 6.86. The molecule has 1 N–H and O–H groups in total. The summed E-state index contributed by atoms with van der Waals surface area (Å²) in [4.78, 5) is 16.0. The van der Waals surface area contributed by atoms with E-state index >= 15 is 0 Å². The standard InChI is InChI=1S/C14H18ClN3O2/c1-4-7-9-11(14(19)20)12(15)10-8(5-2)17-18(6-3)13(10)16-9/h4-7H2,1-3H3,(H,19,20). The van der Waals surface area contributed by atoms with E-state index in [2.05, 4.69) is 10.1 Å². The van der Waals surface area contributed by atoms with E-state index in [1.165, 1.54) is 0 Å². The van der Waals surface area contributed by atoms with Crippen LogP contribution in [0.1, 0.15) is 48.9 Å². The first kappa shape index (κ1) is 14.8. The molecule has 0 saturated heterocycles. The molecule has 0 aliphatic rings. The van der Waals surface area contributed by atoms with Crippen molar-refractivity contribution >= 4 is 28.6 Å². The highest BCUT2D eigenvalue weighted by Crippen LogP contribution is 2.31. The molecule has 0 fully saturated rings. The van der Waals surface area contributed by atoms with Gasteiger partial charge in [-0.1, -0.05) is 31.9 Å². The number of aromatic nitrogens is 3. The van der Waals surface area contributed by atoms with E-state index < -0.39 is 5.97 Å². The molecule has 0 saturated carbocycles. The lowest BCUT2D eigenvalue weighted by molar-refractivity contribution is 0.0695. The van der Waals surface area contributed by atoms with Gasteiger partial charge in [0.15, 0.2) is 5.65 Å². The molecule has 0 aliphatic carbocycles. The minimum atomic E-state index is -1.03. The maximum Gasteiger partial charge on any atom is 0.339 e. The summed E-state index contributed by atoms with van der Waals surface area (Å²) in [6.45, 7) is 6.61. The number of carboxylic acid groups (broad SMARTS) is 1. The van der Waals surface area contributed by atoms with Gasteiger partial charge in [-0.25, -0.2) is 14.5 Å². The maximum atomic E-state index is 11.5. The smallest absolute Gasteiger partial charge is 0.339 e. The summed E-state index contributed by atoms with van der Waals surface area (Å²) in [6, 6.07) is 0. The minimum Gasteiger partial charge on any atom is -0.478 e. The highest BCUT2D eigenvalue weighted by Gasteiger charge is 2.23. The molecule has 20 heavy (non-hydrogen) atoms. The van der Waals surface area contributed by atoms with Crippen molar-refractivity contribution in [2.45, 2.75) is 46.6 Å². The van der Waals surface area contributed by atoms with Crippen LogP contribution in [-0.4, -0.2) is 25.8 Å². The first-order chi connectivity index (χ1) is 9.54. The van der Waals surface area contributed by atoms with Crippen molar-refractivity contribution in [2.24, 2.45) is 0 Å². The fourth-order valence-corrected chi connectivity index (χ4v) is 2.76. The second-order valence-corrected chi connectivity index (χ2v) is 5.00. The third kappa shape index (κ3) is 2.26. The van der Waals surface area contributed by atoms with Crippen LogP contribution >= 0.6 is 11.6 Å². The molecule has 0 aromatic carbocycles. The molecule has 2 aromatic heterocycles. The number of aryl methyl sites for hydroxylation is 3. The average Bonchev–Trinajstić information content (AvgIpc) is 2.77. The van der Waals surface area contributed by atoms with Crippen molar-refractivity contribution in [3.8, 4) is 0 Å². The third-order valence-corrected chi connectivity index (χ3v) is 3.68. The normalized spacial score (nSPS) is 11.2. The molecule has 0 atom stereocenters. The van der Waals surface area contributed by atoms with Crippen molar-refractivity contribution in [2.75, 3.05) is 0 Å². The summed E-state index contributed by atoms with van der Waals surface area (Å²) in [7, 11) is 0. The van der Waals surface area contributed by atoms with Crippen molar-refractivity contribution < 1.29 is 9.90 Å². The number of pyridine rings is 1. The van der Waals surface area contributed by atoms with Crippen LogP contribution in [0.5, 0.6) is 0 Å². The fraction of sp³-hybridized carbons (Fsp3) is 0.500. The van der Waals surface area contributed by atoms with Gasteiger partial charge < -0.3 is 5.11 Å². The summed E-state index contributed by atoms with van der Waals surface area (Å²) < 4.78 is 1.78. The molecule has 0 unspecified atom stereocenters. The molecule has 2 rings (SSSR count). The van der Waals surface area contributed by atoms with Crippen molar-refractivity contribution in [3.63, 3.8) is 0 Å². The first-order valence-corrected chi connectivity index (χ1v) is 7.23. The highest BCUT2D eigenvalue weighted by atomic mass is 35.5. The number of fused-ring (bicyclic) bond motifs is 1. The lowest BCUT2D eigenvalue weighted by atomic mass is 10.1. The lowest BCUT2D eigenvalue weighted by Crippen LogP contribution is -2.08. The molecule has 5 nitrogen and oxygen atoms in total. The quantitative estimate of drug-likeness (QED) is 0.919. The molecule has 2 aromatic rings. The Bertz CT molecular complexity index is 664. The van der Waals surface area contributed by atoms with Gasteiger partial charge in [0.05, 0.1) is 21.8 Å². The minimum absolute atomic E-state index is 0.117. The zero-order chi connectivity index (χ0) is 14.9. The van der Waals surface area contributed by atoms with E-state index in [0.29, 0.717) is 36.1 Å². The largest absolute Gasteiger partial charge is 0.478 e. The van der Waals surface area contributed by atoms with E-state index in [1.807, 2.05) is 20.8 Å². The van der Waals surface area contributed by atoms with E-state index in [1.54, 1.807) is 4.68 Å². The Balaban J connectivity index is 2.87. The molecule has 0 spiro atoms. The Morgan fingerprint density at radius 1 is 1.30 bits per heavy atom. The highest BCUT2D eigenvalue weighted by molar-refractivity contribution is 6.38. The van der Waals surface area contributed by atoms with Gasteiger partial charge in [0, 0.05) is 6.54 Å². The summed E-state index contributed by atoms with van der Waals surface area (Å²) in [6.07, 6.45) is 2.10. The Morgan fingerprint density at radius 3 is 2.50 bits per heavy atom. The zero-order valence-corrected chi connectivity index (χ0v) is 12.7. The Morgan fingerprint density at radius 2 is 2.00 bits per heavy atom. The van der Waals surface area contributed by atoms with Crippen LogP contribution in [0, 0.1) is 0 Å². The van der Waals surface area contributed by atoms with Crippen molar-refractivity contribution in [1.82, 2.24) is 14.8 Å². The van der Waals surface area contributed by atoms with E-state index in [0.717, 1.165) is 12.1 Å². The van der Waals surface area contributed by atoms with E-state index in [9.17, 15) is 9.90 Å². The molecule has 108 valence electrons. The van der Waals surface area contributed by atoms with Crippen LogP contribution in [0.15, 0.2) is 0 Å². The maximum absolute atomic E-state index is 11.5. The second kappa shape index (κ2) is 5.79. The van der Waals surface area contributed by atoms with Crippen molar-refractivity contribution in [3.05, 3.63) is 22.0 Å². The summed E-state index contributed by atoms with van der Waals surface area (Å²) in [5.41, 5.74) is 2.13. The van der Waals surface area contributed by atoms with E-state index in [-0.39, 0.29) is 10.6 Å². The third-order valence-electron chi connectivity index (χ3n) is 3.30. The monoisotopic (exact) mass is 295 g/mol. The summed E-state index contributed by atoms with van der Waals surface area (Å²) in [5, 5.41) is 14.8. The molecule has 0 aliphatic heterocycles. The fourth-order valence-electron chi connectivity index (χ4n) is 2.38. The number of carbonyl (C=O) groups is 1. The van der Waals surface area contributed by atoms with Crippen LogP contribution in [0.4, 0.5) is 0 Å². The summed E-state index contributed by atoms with van der Waals surface area (Å²) >= 11 is 6.36. The number of aromatic carboxylic acids is 1. The van der Waals surface area contributed by atoms with Crippen LogP contribution < -0.4 is 0 Å². The molecule has 2 heterocycles.